The Morgan fingerprint density at radius 1 is 1.00 bits per heavy atom. The normalized spacial score (nSPS) is 10.5. The van der Waals surface area contributed by atoms with Crippen LogP contribution >= 0.6 is 0 Å². The molecule has 0 amide bonds. The Kier molecular flexibility index (Phi) is 6.71. The van der Waals surface area contributed by atoms with Gasteiger partial charge in [-0.1, -0.05) is 30.3 Å². The van der Waals surface area contributed by atoms with Crippen molar-refractivity contribution >= 4 is 17.4 Å². The zero-order chi connectivity index (χ0) is 18.2. The first-order chi connectivity index (χ1) is 12.1. The van der Waals surface area contributed by atoms with Crippen LogP contribution in [0.3, 0.4) is 0 Å². The van der Waals surface area contributed by atoms with E-state index in [1.807, 2.05) is 31.0 Å². The van der Waals surface area contributed by atoms with Crippen LogP contribution in [-0.4, -0.2) is 43.7 Å². The Balaban J connectivity index is 2.28. The molecule has 0 atom stereocenters. The molecule has 0 saturated heterocycles. The summed E-state index contributed by atoms with van der Waals surface area (Å²) in [4.78, 5) is 26.4. The second-order valence-corrected chi connectivity index (χ2v) is 5.67. The minimum Gasteiger partial charge on any atom is -0.478 e. The summed E-state index contributed by atoms with van der Waals surface area (Å²) in [6.45, 7) is 4.05. The van der Waals surface area contributed by atoms with Crippen molar-refractivity contribution in [3.05, 3.63) is 65.2 Å². The summed E-state index contributed by atoms with van der Waals surface area (Å²) in [6.07, 6.45) is 0.846. The van der Waals surface area contributed by atoms with Crippen LogP contribution in [0.5, 0.6) is 0 Å². The largest absolute Gasteiger partial charge is 0.478 e. The van der Waals surface area contributed by atoms with Crippen molar-refractivity contribution in [3.63, 3.8) is 0 Å². The summed E-state index contributed by atoms with van der Waals surface area (Å²) in [6, 6.07) is 13.6. The van der Waals surface area contributed by atoms with Crippen LogP contribution in [0, 0.1) is 0 Å². The van der Waals surface area contributed by atoms with Crippen LogP contribution in [0.15, 0.2) is 48.5 Å². The molecule has 0 aromatic heterocycles. The van der Waals surface area contributed by atoms with E-state index in [0.29, 0.717) is 18.8 Å². The summed E-state index contributed by atoms with van der Waals surface area (Å²) < 4.78 is 5.35. The van der Waals surface area contributed by atoms with Crippen molar-refractivity contribution in [2.45, 2.75) is 13.3 Å². The predicted molar refractivity (Wildman–Crippen MR) is 97.7 cm³/mol. The topological polar surface area (TPSA) is 66.8 Å². The van der Waals surface area contributed by atoms with Gasteiger partial charge >= 0.3 is 5.97 Å². The lowest BCUT2D eigenvalue weighted by Gasteiger charge is -2.22. The van der Waals surface area contributed by atoms with Gasteiger partial charge < -0.3 is 14.7 Å². The van der Waals surface area contributed by atoms with E-state index < -0.39 is 5.97 Å². The lowest BCUT2D eigenvalue weighted by atomic mass is 9.97. The molecule has 0 aliphatic heterocycles. The molecule has 0 aliphatic carbocycles. The molecular formula is C20H23NO4. The van der Waals surface area contributed by atoms with Crippen LogP contribution in [0.2, 0.25) is 0 Å². The molecule has 1 N–H and O–H groups in total. The molecule has 0 spiro atoms. The van der Waals surface area contributed by atoms with Gasteiger partial charge in [0, 0.05) is 43.6 Å². The van der Waals surface area contributed by atoms with E-state index >= 15 is 0 Å². The maximum Gasteiger partial charge on any atom is 0.336 e. The highest BCUT2D eigenvalue weighted by molar-refractivity contribution is 6.16. The number of carboxylic acids is 1. The van der Waals surface area contributed by atoms with Gasteiger partial charge in [0.15, 0.2) is 5.78 Å². The standard InChI is InChI=1S/C20H23NO4/c1-3-25-14-8-13-21(2)18-12-7-6-11-17(18)19(22)15-9-4-5-10-16(15)20(23)24/h4-7,9-12H,3,8,13-14H2,1-2H3,(H,23,24). The molecule has 25 heavy (non-hydrogen) atoms. The first kappa shape index (κ1) is 18.7. The first-order valence-electron chi connectivity index (χ1n) is 8.31. The van der Waals surface area contributed by atoms with E-state index in [9.17, 15) is 14.7 Å². The van der Waals surface area contributed by atoms with Crippen molar-refractivity contribution < 1.29 is 19.4 Å². The second kappa shape index (κ2) is 8.99. The molecule has 5 heteroatoms. The maximum absolute atomic E-state index is 13.0. The molecule has 0 aliphatic rings. The van der Waals surface area contributed by atoms with E-state index in [2.05, 4.69) is 0 Å². The number of benzene rings is 2. The fraction of sp³-hybridized carbons (Fsp3) is 0.300. The van der Waals surface area contributed by atoms with Crippen molar-refractivity contribution in [2.24, 2.45) is 0 Å². The van der Waals surface area contributed by atoms with Gasteiger partial charge in [-0.15, -0.1) is 0 Å². The molecule has 0 fully saturated rings. The van der Waals surface area contributed by atoms with Gasteiger partial charge in [0.1, 0.15) is 0 Å². The number of carbonyl (C=O) groups is 2. The number of carbonyl (C=O) groups excluding carboxylic acids is 1. The lowest BCUT2D eigenvalue weighted by Crippen LogP contribution is -2.23. The first-order valence-corrected chi connectivity index (χ1v) is 8.31. The molecule has 132 valence electrons. The lowest BCUT2D eigenvalue weighted by molar-refractivity contribution is 0.0693. The molecule has 0 unspecified atom stereocenters. The number of rotatable bonds is 9. The Labute approximate surface area is 147 Å². The third-order valence-electron chi connectivity index (χ3n) is 3.95. The number of ether oxygens (including phenoxy) is 1. The number of carboxylic acid groups (broad SMARTS) is 1. The average molecular weight is 341 g/mol. The monoisotopic (exact) mass is 341 g/mol. The van der Waals surface area contributed by atoms with Crippen molar-refractivity contribution in [1.82, 2.24) is 0 Å². The third kappa shape index (κ3) is 4.67. The summed E-state index contributed by atoms with van der Waals surface area (Å²) in [5.41, 5.74) is 1.49. The zero-order valence-corrected chi connectivity index (χ0v) is 14.6. The fourth-order valence-corrected chi connectivity index (χ4v) is 2.68. The van der Waals surface area contributed by atoms with E-state index in [1.54, 1.807) is 30.3 Å². The number of hydrogen-bond donors (Lipinski definition) is 1. The van der Waals surface area contributed by atoms with E-state index in [1.165, 1.54) is 6.07 Å². The SMILES string of the molecule is CCOCCCN(C)c1ccccc1C(=O)c1ccccc1C(=O)O. The van der Waals surface area contributed by atoms with Crippen LogP contribution < -0.4 is 4.90 Å². The van der Waals surface area contributed by atoms with Gasteiger partial charge in [-0.3, -0.25) is 4.79 Å². The van der Waals surface area contributed by atoms with Gasteiger partial charge in [0.25, 0.3) is 0 Å². The van der Waals surface area contributed by atoms with E-state index in [0.717, 1.165) is 18.7 Å². The third-order valence-corrected chi connectivity index (χ3v) is 3.95. The number of anilines is 1. The summed E-state index contributed by atoms with van der Waals surface area (Å²) in [7, 11) is 1.92. The second-order valence-electron chi connectivity index (χ2n) is 5.67. The molecule has 5 nitrogen and oxygen atoms in total. The smallest absolute Gasteiger partial charge is 0.336 e. The Morgan fingerprint density at radius 2 is 1.60 bits per heavy atom. The van der Waals surface area contributed by atoms with Gasteiger partial charge in [-0.05, 0) is 31.5 Å². The summed E-state index contributed by atoms with van der Waals surface area (Å²) in [5.74, 6) is -1.39. The minimum atomic E-state index is -1.11. The van der Waals surface area contributed by atoms with Crippen LogP contribution in [0.1, 0.15) is 39.6 Å². The highest BCUT2D eigenvalue weighted by atomic mass is 16.5. The highest BCUT2D eigenvalue weighted by Gasteiger charge is 2.20. The van der Waals surface area contributed by atoms with Gasteiger partial charge in [-0.2, -0.15) is 0 Å². The number of para-hydroxylation sites is 1. The van der Waals surface area contributed by atoms with E-state index in [4.69, 9.17) is 4.74 Å². The Hall–Kier alpha value is -2.66. The van der Waals surface area contributed by atoms with Crippen molar-refractivity contribution in [2.75, 3.05) is 31.7 Å². The Morgan fingerprint density at radius 3 is 2.24 bits per heavy atom. The van der Waals surface area contributed by atoms with E-state index in [-0.39, 0.29) is 16.9 Å². The molecular weight excluding hydrogens is 318 g/mol. The maximum atomic E-state index is 13.0. The van der Waals surface area contributed by atoms with Crippen LogP contribution in [-0.2, 0) is 4.74 Å². The van der Waals surface area contributed by atoms with Crippen molar-refractivity contribution in [3.8, 4) is 0 Å². The van der Waals surface area contributed by atoms with Crippen LogP contribution in [0.25, 0.3) is 0 Å². The molecule has 2 aromatic rings. The molecule has 0 radical (unpaired) electrons. The molecule has 2 rings (SSSR count). The minimum absolute atomic E-state index is 0.0151. The number of aromatic carboxylic acids is 1. The Bertz CT molecular complexity index is 742. The number of nitrogens with zero attached hydrogens (tertiary/aromatic N) is 1. The fourth-order valence-electron chi connectivity index (χ4n) is 2.68. The van der Waals surface area contributed by atoms with Crippen molar-refractivity contribution in [1.29, 1.82) is 0 Å². The molecule has 0 bridgehead atoms. The number of hydrogen-bond acceptors (Lipinski definition) is 4. The van der Waals surface area contributed by atoms with Crippen LogP contribution in [0.4, 0.5) is 5.69 Å². The van der Waals surface area contributed by atoms with Gasteiger partial charge in [0.05, 0.1) is 5.56 Å². The number of ketones is 1. The van der Waals surface area contributed by atoms with Gasteiger partial charge in [-0.25, -0.2) is 4.79 Å². The summed E-state index contributed by atoms with van der Waals surface area (Å²) >= 11 is 0. The highest BCUT2D eigenvalue weighted by Crippen LogP contribution is 2.24. The zero-order valence-electron chi connectivity index (χ0n) is 14.6. The van der Waals surface area contributed by atoms with Gasteiger partial charge in [0.2, 0.25) is 0 Å². The molecule has 0 heterocycles. The molecule has 2 aromatic carbocycles. The quantitative estimate of drug-likeness (QED) is 0.559. The predicted octanol–water partition coefficient (Wildman–Crippen LogP) is 3.48. The average Bonchev–Trinajstić information content (AvgIpc) is 2.64. The molecule has 0 saturated carbocycles. The summed E-state index contributed by atoms with van der Waals surface area (Å²) in [5, 5.41) is 9.33.